The van der Waals surface area contributed by atoms with E-state index in [-0.39, 0.29) is 5.60 Å². The summed E-state index contributed by atoms with van der Waals surface area (Å²) in [5.74, 6) is 2.29. The molecule has 5 N–H and O–H groups in total. The maximum atomic E-state index is 8.00. The highest BCUT2D eigenvalue weighted by atomic mass is 32.2. The van der Waals surface area contributed by atoms with Gasteiger partial charge in [-0.05, 0) is 121 Å². The van der Waals surface area contributed by atoms with E-state index in [4.69, 9.17) is 21.1 Å². The summed E-state index contributed by atoms with van der Waals surface area (Å²) in [4.78, 5) is 18.9. The molecule has 58 heavy (non-hydrogen) atoms. The van der Waals surface area contributed by atoms with E-state index in [1.165, 1.54) is 41.6 Å². The minimum atomic E-state index is -0.125. The number of nitrogens with zero attached hydrogens (tertiary/aromatic N) is 1. The van der Waals surface area contributed by atoms with Crippen molar-refractivity contribution >= 4 is 35.8 Å². The molecule has 0 aliphatic carbocycles. The van der Waals surface area contributed by atoms with Gasteiger partial charge in [0, 0.05) is 24.5 Å². The van der Waals surface area contributed by atoms with Crippen molar-refractivity contribution in [1.82, 2.24) is 4.89 Å². The minimum Gasteiger partial charge on any atom is -0.399 e. The van der Waals surface area contributed by atoms with E-state index in [1.54, 1.807) is 29.2 Å². The molecule has 0 atom stereocenters. The molecule has 0 amide bonds. The molecule has 0 radical (unpaired) electrons. The third kappa shape index (κ3) is 45.7. The van der Waals surface area contributed by atoms with Gasteiger partial charge >= 0.3 is 0 Å². The van der Waals surface area contributed by atoms with Crippen LogP contribution in [0.2, 0.25) is 0 Å². The largest absolute Gasteiger partial charge is 0.399 e. The van der Waals surface area contributed by atoms with E-state index in [9.17, 15) is 0 Å². The Morgan fingerprint density at radius 3 is 1.62 bits per heavy atom. The quantitative estimate of drug-likeness (QED) is 0.0510. The number of nitrogen functional groups attached to an aromatic ring is 2. The summed E-state index contributed by atoms with van der Waals surface area (Å²) in [7, 11) is 0. The van der Waals surface area contributed by atoms with Gasteiger partial charge in [0.2, 0.25) is 0 Å². The van der Waals surface area contributed by atoms with Gasteiger partial charge in [-0.2, -0.15) is 0 Å². The molecule has 2 aromatic rings. The first kappa shape index (κ1) is 64.2. The van der Waals surface area contributed by atoms with Gasteiger partial charge in [0.05, 0.1) is 17.0 Å². The van der Waals surface area contributed by atoms with Crippen molar-refractivity contribution in [2.45, 2.75) is 176 Å². The summed E-state index contributed by atoms with van der Waals surface area (Å²) < 4.78 is 0. The van der Waals surface area contributed by atoms with Crippen molar-refractivity contribution in [3.05, 3.63) is 89.5 Å². The monoisotopic (exact) mass is 829 g/mol. The number of allylic oxidation sites excluding steroid dienone is 3. The van der Waals surface area contributed by atoms with Crippen LogP contribution < -0.4 is 21.3 Å². The summed E-state index contributed by atoms with van der Waals surface area (Å²) in [5, 5.41) is 0. The van der Waals surface area contributed by atoms with Crippen LogP contribution in [0.3, 0.4) is 0 Å². The Balaban J connectivity index is -0.000000224. The molecular formula is C51H96N4O2S. The van der Waals surface area contributed by atoms with Crippen LogP contribution in [0.15, 0.2) is 78.4 Å². The third-order valence-electron chi connectivity index (χ3n) is 7.08. The van der Waals surface area contributed by atoms with Crippen LogP contribution in [0, 0.1) is 24.2 Å². The molecule has 6 nitrogen and oxygen atoms in total. The van der Waals surface area contributed by atoms with Crippen LogP contribution in [0.4, 0.5) is 17.1 Å². The maximum absolute atomic E-state index is 8.00. The highest BCUT2D eigenvalue weighted by molar-refractivity contribution is 7.97. The Labute approximate surface area is 366 Å². The number of hydrogen-bond acceptors (Lipinski definition) is 7. The van der Waals surface area contributed by atoms with Crippen LogP contribution in [0.25, 0.3) is 0 Å². The molecule has 0 fully saturated rings. The van der Waals surface area contributed by atoms with Crippen LogP contribution in [-0.4, -0.2) is 31.2 Å². The third-order valence-corrected chi connectivity index (χ3v) is 7.77. The molecule has 0 aliphatic heterocycles. The Morgan fingerprint density at radius 1 is 0.845 bits per heavy atom. The average molecular weight is 829 g/mol. The molecule has 338 valence electrons. The Bertz CT molecular complexity index is 1250. The number of carbonyl (C=O) groups is 1. The van der Waals surface area contributed by atoms with Gasteiger partial charge in [-0.3, -0.25) is 4.84 Å². The number of hydrogen-bond donors (Lipinski definition) is 3. The number of anilines is 3. The number of benzene rings is 2. The Hall–Kier alpha value is -3.00. The van der Waals surface area contributed by atoms with E-state index in [1.807, 2.05) is 79.5 Å². The molecular weight excluding hydrogens is 733 g/mol. The zero-order valence-corrected chi connectivity index (χ0v) is 42.4. The zero-order valence-electron chi connectivity index (χ0n) is 41.6. The number of nitrogens with one attached hydrogen (secondary N) is 1. The SMILES string of the molecule is C=C(C)CCc1ccc(N(CC(C)C)CC(C)C)c(N)c1.C=CC.C=O.CC.CC(C)(C)C.CCC/C(CC)=C(/CC)CSNOC(C)(C)C.Cc1ccc(N)cc1. The van der Waals surface area contributed by atoms with Gasteiger partial charge in [-0.15, -0.1) is 18.0 Å². The first-order valence-corrected chi connectivity index (χ1v) is 22.6. The summed E-state index contributed by atoms with van der Waals surface area (Å²) in [6, 6.07) is 14.3. The predicted molar refractivity (Wildman–Crippen MR) is 270 cm³/mol. The summed E-state index contributed by atoms with van der Waals surface area (Å²) >= 11 is 1.65. The standard InChI is InChI=1S/C19H32N2.C14H29NOS.C7H9N.C5H12.C3H6.C2H6.CH2O/c1-14(2)7-8-17-9-10-19(18(20)11-17)21(12-15(3)4)13-16(5)6;1-7-10-12(8-2)13(9-3)11-17-15-16-14(4,5)6;1-6-2-4-7(8)5-3-6;1-5(2,3)4;1-3-2;2*1-2/h9-11,15-16H,1,7-8,12-13,20H2,2-6H3;15H,7-11H2,1-6H3;2-5H,8H2,1H3;1-4H3;3H,1H2,2H3;1-2H3;1H2/b;13-12-;;;;;. The number of rotatable bonds is 16. The molecule has 0 bridgehead atoms. The van der Waals surface area contributed by atoms with Gasteiger partial charge in [0.15, 0.2) is 0 Å². The van der Waals surface area contributed by atoms with E-state index < -0.39 is 0 Å². The molecule has 0 heterocycles. The van der Waals surface area contributed by atoms with Crippen molar-refractivity contribution in [1.29, 1.82) is 0 Å². The van der Waals surface area contributed by atoms with Crippen molar-refractivity contribution in [3.63, 3.8) is 0 Å². The molecule has 2 rings (SSSR count). The van der Waals surface area contributed by atoms with Gasteiger partial charge in [-0.1, -0.05) is 155 Å². The first-order chi connectivity index (χ1) is 26.9. The van der Waals surface area contributed by atoms with Crippen LogP contribution >= 0.6 is 11.9 Å². The first-order valence-electron chi connectivity index (χ1n) is 21.6. The average Bonchev–Trinajstić information content (AvgIpc) is 3.12. The number of nitrogens with two attached hydrogens (primary N) is 2. The van der Waals surface area contributed by atoms with Crippen molar-refractivity contribution < 1.29 is 9.63 Å². The molecule has 2 aromatic carbocycles. The summed E-state index contributed by atoms with van der Waals surface area (Å²) in [5.41, 5.74) is 22.0. The van der Waals surface area contributed by atoms with E-state index in [0.717, 1.165) is 49.5 Å². The van der Waals surface area contributed by atoms with E-state index >= 15 is 0 Å². The summed E-state index contributed by atoms with van der Waals surface area (Å²) in [6.07, 6.45) is 8.60. The smallest absolute Gasteiger partial charge is 0.106 e. The molecule has 0 aliphatic rings. The molecule has 0 saturated carbocycles. The lowest BCUT2D eigenvalue weighted by molar-refractivity contribution is -0.0980. The lowest BCUT2D eigenvalue weighted by Gasteiger charge is -2.30. The van der Waals surface area contributed by atoms with Gasteiger partial charge < -0.3 is 21.2 Å². The Kier molecular flexibility index (Phi) is 43.6. The molecule has 0 aromatic heterocycles. The second-order valence-electron chi connectivity index (χ2n) is 17.6. The topological polar surface area (TPSA) is 93.6 Å². The Morgan fingerprint density at radius 2 is 1.29 bits per heavy atom. The fraction of sp³-hybridized carbons (Fsp3) is 0.627. The second-order valence-corrected chi connectivity index (χ2v) is 18.4. The van der Waals surface area contributed by atoms with E-state index in [2.05, 4.69) is 124 Å². The van der Waals surface area contributed by atoms with Gasteiger partial charge in [-0.25, -0.2) is 0 Å². The predicted octanol–water partition coefficient (Wildman–Crippen LogP) is 15.4. The van der Waals surface area contributed by atoms with Crippen LogP contribution in [0.1, 0.15) is 168 Å². The fourth-order valence-electron chi connectivity index (χ4n) is 4.75. The van der Waals surface area contributed by atoms with Gasteiger partial charge in [0.1, 0.15) is 6.79 Å². The maximum Gasteiger partial charge on any atom is 0.106 e. The fourth-order valence-corrected chi connectivity index (χ4v) is 5.71. The lowest BCUT2D eigenvalue weighted by Crippen LogP contribution is -2.31. The van der Waals surface area contributed by atoms with E-state index in [0.29, 0.717) is 17.3 Å². The second kappa shape index (κ2) is 39.5. The lowest BCUT2D eigenvalue weighted by atomic mass is 10.0. The van der Waals surface area contributed by atoms with Crippen molar-refractivity contribution in [3.8, 4) is 0 Å². The van der Waals surface area contributed by atoms with Crippen molar-refractivity contribution in [2.75, 3.05) is 35.2 Å². The van der Waals surface area contributed by atoms with Gasteiger partial charge in [0.25, 0.3) is 0 Å². The molecule has 7 heteroatoms. The highest BCUT2D eigenvalue weighted by Crippen LogP contribution is 2.27. The highest BCUT2D eigenvalue weighted by Gasteiger charge is 2.14. The normalized spacial score (nSPS) is 10.8. The minimum absolute atomic E-state index is 0.125. The number of carbonyl (C=O) groups excluding carboxylic acids is 1. The van der Waals surface area contributed by atoms with Crippen LogP contribution in [0.5, 0.6) is 0 Å². The zero-order chi connectivity index (χ0) is 46.5. The van der Waals surface area contributed by atoms with Crippen molar-refractivity contribution in [2.24, 2.45) is 17.3 Å². The molecule has 0 spiro atoms. The molecule has 0 saturated heterocycles. The summed E-state index contributed by atoms with van der Waals surface area (Å²) in [6.45, 7) is 52.1. The molecule has 0 unspecified atom stereocenters. The number of aryl methyl sites for hydroxylation is 2. The van der Waals surface area contributed by atoms with Crippen LogP contribution in [-0.2, 0) is 16.1 Å².